The van der Waals surface area contributed by atoms with Crippen LogP contribution in [0.1, 0.15) is 44.6 Å². The number of hydrogen-bond donors (Lipinski definition) is 2. The van der Waals surface area contributed by atoms with Gasteiger partial charge >= 0.3 is 0 Å². The van der Waals surface area contributed by atoms with Crippen LogP contribution in [0.3, 0.4) is 0 Å². The minimum Gasteiger partial charge on any atom is -0.383 e. The third-order valence-electron chi connectivity index (χ3n) is 8.72. The van der Waals surface area contributed by atoms with Gasteiger partial charge in [-0.15, -0.1) is 0 Å². The topological polar surface area (TPSA) is 123 Å². The van der Waals surface area contributed by atoms with Crippen LogP contribution in [0.15, 0.2) is 42.7 Å². The van der Waals surface area contributed by atoms with Crippen LogP contribution in [0.4, 0.5) is 17.5 Å². The molecule has 7 rings (SSSR count). The number of anilines is 3. The fourth-order valence-corrected chi connectivity index (χ4v) is 6.57. The van der Waals surface area contributed by atoms with E-state index in [1.54, 1.807) is 0 Å². The number of aromatic amines is 1. The number of aromatic nitrogens is 6. The number of nitrogens with zero attached hydrogens (tertiary/aromatic N) is 7. The highest BCUT2D eigenvalue weighted by molar-refractivity contribution is 5.98. The molecule has 40 heavy (non-hydrogen) atoms. The number of rotatable bonds is 6. The first-order valence-electron chi connectivity index (χ1n) is 14.5. The van der Waals surface area contributed by atoms with Gasteiger partial charge in [-0.2, -0.15) is 20.2 Å². The lowest BCUT2D eigenvalue weighted by Gasteiger charge is -2.41. The Kier molecular flexibility index (Phi) is 7.09. The second-order valence-corrected chi connectivity index (χ2v) is 11.1. The SMILES string of the molecule is Nc1nc(N(c2cnn(C3CCOCC3)c2)C2CCC(N3CCOCC3)CC2)nc2[nH]nc(-c3ccccc3)c12. The van der Waals surface area contributed by atoms with Crippen molar-refractivity contribution in [1.82, 2.24) is 34.8 Å². The highest BCUT2D eigenvalue weighted by Crippen LogP contribution is 2.37. The van der Waals surface area contributed by atoms with E-state index in [-0.39, 0.29) is 6.04 Å². The zero-order valence-corrected chi connectivity index (χ0v) is 22.8. The van der Waals surface area contributed by atoms with Crippen molar-refractivity contribution in [2.24, 2.45) is 0 Å². The molecule has 210 valence electrons. The first-order valence-corrected chi connectivity index (χ1v) is 14.5. The first kappa shape index (κ1) is 25.4. The van der Waals surface area contributed by atoms with Gasteiger partial charge in [0.05, 0.1) is 36.5 Å². The van der Waals surface area contributed by atoms with E-state index >= 15 is 0 Å². The molecule has 2 saturated heterocycles. The lowest BCUT2D eigenvalue weighted by molar-refractivity contribution is 0.00747. The molecule has 0 radical (unpaired) electrons. The molecule has 0 bridgehead atoms. The summed E-state index contributed by atoms with van der Waals surface area (Å²) in [5.74, 6) is 1.02. The van der Waals surface area contributed by atoms with Gasteiger partial charge in [0.15, 0.2) is 5.65 Å². The van der Waals surface area contributed by atoms with E-state index in [0.29, 0.717) is 29.5 Å². The standard InChI is InChI=1S/C29H37N9O2/c30-27-25-26(20-4-2-1-3-5-20)34-35-28(25)33-29(32-27)38(24-18-31-37(19-24)22-10-14-39-15-11-22)23-8-6-21(7-9-23)36-12-16-40-17-13-36/h1-5,18-19,21-23H,6-17H2,(H3,30,32,33,34,35). The van der Waals surface area contributed by atoms with Crippen molar-refractivity contribution in [3.8, 4) is 11.3 Å². The summed E-state index contributed by atoms with van der Waals surface area (Å²) in [6.07, 6.45) is 10.4. The van der Waals surface area contributed by atoms with Gasteiger partial charge in [-0.3, -0.25) is 14.7 Å². The Bertz CT molecular complexity index is 1420. The van der Waals surface area contributed by atoms with Gasteiger partial charge in [-0.05, 0) is 38.5 Å². The molecule has 3 aliphatic rings. The number of nitrogens with one attached hydrogen (secondary N) is 1. The van der Waals surface area contributed by atoms with E-state index in [1.807, 2.05) is 36.5 Å². The number of benzene rings is 1. The van der Waals surface area contributed by atoms with Crippen molar-refractivity contribution in [3.63, 3.8) is 0 Å². The maximum atomic E-state index is 6.64. The van der Waals surface area contributed by atoms with Crippen LogP contribution < -0.4 is 10.6 Å². The summed E-state index contributed by atoms with van der Waals surface area (Å²) in [6.45, 7) is 5.26. The molecule has 0 unspecified atom stereocenters. The van der Waals surface area contributed by atoms with E-state index < -0.39 is 0 Å². The maximum Gasteiger partial charge on any atom is 0.234 e. The molecule has 11 heteroatoms. The molecule has 1 aromatic carbocycles. The number of fused-ring (bicyclic) bond motifs is 1. The van der Waals surface area contributed by atoms with Gasteiger partial charge in [0.1, 0.15) is 11.5 Å². The Balaban J connectivity index is 1.22. The summed E-state index contributed by atoms with van der Waals surface area (Å²) in [7, 11) is 0. The molecule has 3 aromatic heterocycles. The summed E-state index contributed by atoms with van der Waals surface area (Å²) >= 11 is 0. The second-order valence-electron chi connectivity index (χ2n) is 11.1. The molecular formula is C29H37N9O2. The van der Waals surface area contributed by atoms with Crippen LogP contribution in [0.5, 0.6) is 0 Å². The number of nitrogens with two attached hydrogens (primary N) is 1. The van der Waals surface area contributed by atoms with Crippen molar-refractivity contribution >= 4 is 28.5 Å². The summed E-state index contributed by atoms with van der Waals surface area (Å²) in [4.78, 5) is 14.8. The molecule has 11 nitrogen and oxygen atoms in total. The molecule has 4 aromatic rings. The maximum absolute atomic E-state index is 6.64. The van der Waals surface area contributed by atoms with Crippen LogP contribution >= 0.6 is 0 Å². The van der Waals surface area contributed by atoms with E-state index in [0.717, 1.165) is 100 Å². The largest absolute Gasteiger partial charge is 0.383 e. The second kappa shape index (κ2) is 11.1. The average molecular weight is 544 g/mol. The molecule has 0 spiro atoms. The number of nitrogen functional groups attached to an aromatic ring is 1. The zero-order chi connectivity index (χ0) is 26.9. The molecule has 1 saturated carbocycles. The van der Waals surface area contributed by atoms with Gasteiger partial charge in [0.25, 0.3) is 0 Å². The monoisotopic (exact) mass is 543 g/mol. The quantitative estimate of drug-likeness (QED) is 0.372. The Morgan fingerprint density at radius 2 is 1.62 bits per heavy atom. The molecule has 0 amide bonds. The van der Waals surface area contributed by atoms with Crippen LogP contribution in [-0.2, 0) is 9.47 Å². The van der Waals surface area contributed by atoms with E-state index in [2.05, 4.69) is 30.9 Å². The number of hydrogen-bond acceptors (Lipinski definition) is 9. The van der Waals surface area contributed by atoms with Crippen molar-refractivity contribution in [2.45, 2.75) is 56.7 Å². The highest BCUT2D eigenvalue weighted by Gasteiger charge is 2.33. The number of morpholine rings is 1. The van der Waals surface area contributed by atoms with E-state index in [1.165, 1.54) is 0 Å². The molecule has 1 aliphatic carbocycles. The van der Waals surface area contributed by atoms with Gasteiger partial charge in [0.2, 0.25) is 5.95 Å². The lowest BCUT2D eigenvalue weighted by Crippen LogP contribution is -2.47. The summed E-state index contributed by atoms with van der Waals surface area (Å²) in [5, 5.41) is 13.2. The van der Waals surface area contributed by atoms with Gasteiger partial charge in [-0.25, -0.2) is 0 Å². The van der Waals surface area contributed by atoms with Crippen molar-refractivity contribution in [2.75, 3.05) is 50.2 Å². The van der Waals surface area contributed by atoms with Crippen molar-refractivity contribution < 1.29 is 9.47 Å². The van der Waals surface area contributed by atoms with E-state index in [9.17, 15) is 0 Å². The highest BCUT2D eigenvalue weighted by atomic mass is 16.5. The number of H-pyrrole nitrogens is 1. The molecule has 5 heterocycles. The Labute approximate surface area is 233 Å². The van der Waals surface area contributed by atoms with Gasteiger partial charge in [-0.1, -0.05) is 30.3 Å². The van der Waals surface area contributed by atoms with Gasteiger partial charge in [0, 0.05) is 50.1 Å². The summed E-state index contributed by atoms with van der Waals surface area (Å²) < 4.78 is 13.3. The predicted octanol–water partition coefficient (Wildman–Crippen LogP) is 3.93. The van der Waals surface area contributed by atoms with Crippen molar-refractivity contribution in [1.29, 1.82) is 0 Å². The van der Waals surface area contributed by atoms with Crippen LogP contribution in [0.2, 0.25) is 0 Å². The molecule has 2 aliphatic heterocycles. The average Bonchev–Trinajstić information content (AvgIpc) is 3.68. The Morgan fingerprint density at radius 1 is 0.875 bits per heavy atom. The smallest absolute Gasteiger partial charge is 0.234 e. The third kappa shape index (κ3) is 4.93. The minimum absolute atomic E-state index is 0.248. The number of ether oxygens (including phenoxy) is 2. The minimum atomic E-state index is 0.248. The molecule has 3 N–H and O–H groups in total. The van der Waals surface area contributed by atoms with Crippen LogP contribution in [-0.4, -0.2) is 86.4 Å². The lowest BCUT2D eigenvalue weighted by atomic mass is 9.89. The van der Waals surface area contributed by atoms with Crippen molar-refractivity contribution in [3.05, 3.63) is 42.7 Å². The Hall–Kier alpha value is -3.54. The summed E-state index contributed by atoms with van der Waals surface area (Å²) in [6, 6.07) is 11.2. The molecule has 3 fully saturated rings. The molecule has 0 atom stereocenters. The fraction of sp³-hybridized carbons (Fsp3) is 0.517. The zero-order valence-electron chi connectivity index (χ0n) is 22.8. The first-order chi connectivity index (χ1) is 19.7. The van der Waals surface area contributed by atoms with E-state index in [4.69, 9.17) is 30.3 Å². The van der Waals surface area contributed by atoms with Crippen LogP contribution in [0.25, 0.3) is 22.3 Å². The normalized spacial score (nSPS) is 23.0. The summed E-state index contributed by atoms with van der Waals surface area (Å²) in [5.41, 5.74) is 10.0. The Morgan fingerprint density at radius 3 is 2.40 bits per heavy atom. The molecular weight excluding hydrogens is 506 g/mol. The fourth-order valence-electron chi connectivity index (χ4n) is 6.57. The third-order valence-corrected chi connectivity index (χ3v) is 8.72. The van der Waals surface area contributed by atoms with Crippen LogP contribution in [0, 0.1) is 0 Å². The van der Waals surface area contributed by atoms with Gasteiger partial charge < -0.3 is 20.1 Å². The predicted molar refractivity (Wildman–Crippen MR) is 153 cm³/mol.